The molecule has 2 aliphatic rings. The fraction of sp³-hybridized carbons (Fsp3) is 0.647. The summed E-state index contributed by atoms with van der Waals surface area (Å²) in [6, 6.07) is 0.0109. The van der Waals surface area contributed by atoms with Gasteiger partial charge in [0.1, 0.15) is 5.52 Å². The molecule has 11 heteroatoms. The summed E-state index contributed by atoms with van der Waals surface area (Å²) < 4.78 is 24.7. The van der Waals surface area contributed by atoms with Gasteiger partial charge in [0.05, 0.1) is 17.7 Å². The summed E-state index contributed by atoms with van der Waals surface area (Å²) in [6.45, 7) is 4.20. The molecule has 1 N–H and O–H groups in total. The van der Waals surface area contributed by atoms with Gasteiger partial charge >= 0.3 is 0 Å². The van der Waals surface area contributed by atoms with E-state index in [1.54, 1.807) is 4.57 Å². The van der Waals surface area contributed by atoms with Crippen LogP contribution in [0.1, 0.15) is 25.8 Å². The molecule has 0 radical (unpaired) electrons. The number of anilines is 1. The molecule has 3 heterocycles. The third kappa shape index (κ3) is 4.13. The van der Waals surface area contributed by atoms with Crippen molar-refractivity contribution in [3.05, 3.63) is 21.8 Å². The van der Waals surface area contributed by atoms with Gasteiger partial charge in [-0.25, -0.2) is 18.4 Å². The molecule has 28 heavy (non-hydrogen) atoms. The van der Waals surface area contributed by atoms with Crippen LogP contribution < -0.4 is 10.9 Å². The maximum atomic E-state index is 13.1. The number of nitrogens with one attached hydrogen (secondary N) is 1. The first kappa shape index (κ1) is 19.5. The van der Waals surface area contributed by atoms with Gasteiger partial charge < -0.3 is 5.32 Å². The van der Waals surface area contributed by atoms with Gasteiger partial charge in [-0.2, -0.15) is 4.98 Å². The maximum absolute atomic E-state index is 13.1. The lowest BCUT2D eigenvalue weighted by atomic mass is 10.2. The van der Waals surface area contributed by atoms with E-state index in [-0.39, 0.29) is 34.2 Å². The molecule has 2 aromatic heterocycles. The molecule has 0 spiro atoms. The van der Waals surface area contributed by atoms with Gasteiger partial charge in [-0.15, -0.1) is 0 Å². The molecular weight excluding hydrogens is 404 g/mol. The molecule has 9 nitrogen and oxygen atoms in total. The number of hydrogen-bond donors (Lipinski definition) is 1. The van der Waals surface area contributed by atoms with E-state index in [4.69, 9.17) is 11.6 Å². The maximum Gasteiger partial charge on any atom is 0.295 e. The molecule has 0 bridgehead atoms. The van der Waals surface area contributed by atoms with Crippen molar-refractivity contribution in [2.24, 2.45) is 5.92 Å². The quantitative estimate of drug-likeness (QED) is 0.680. The van der Waals surface area contributed by atoms with E-state index >= 15 is 0 Å². The minimum atomic E-state index is -2.90. The molecule has 1 atom stereocenters. The minimum absolute atomic E-state index is 0.0109. The Morgan fingerprint density at radius 1 is 1.29 bits per heavy atom. The number of hydrogen-bond acceptors (Lipinski definition) is 8. The van der Waals surface area contributed by atoms with Crippen LogP contribution in [0.5, 0.6) is 0 Å². The van der Waals surface area contributed by atoms with Crippen LogP contribution in [0.2, 0.25) is 5.28 Å². The summed E-state index contributed by atoms with van der Waals surface area (Å²) in [7, 11) is -2.90. The monoisotopic (exact) mass is 426 g/mol. The van der Waals surface area contributed by atoms with Crippen LogP contribution in [0.4, 0.5) is 5.82 Å². The van der Waals surface area contributed by atoms with E-state index in [0.29, 0.717) is 43.3 Å². The third-order valence-electron chi connectivity index (χ3n) is 5.47. The standard InChI is InChI=1S/C17H23ClN6O3S/c1-11(12-2-3-12)24-15-13(10-20-17(18)22-15)21-14(16(24)25)19-4-5-23-6-8-28(26,27)9-7-23/h10-12H,2-9H2,1H3,(H,19,21)/t11-/m0/s1. The van der Waals surface area contributed by atoms with E-state index in [0.717, 1.165) is 12.8 Å². The van der Waals surface area contributed by atoms with Gasteiger partial charge in [0.15, 0.2) is 21.3 Å². The van der Waals surface area contributed by atoms with Crippen molar-refractivity contribution in [1.29, 1.82) is 0 Å². The topological polar surface area (TPSA) is 110 Å². The number of aromatic nitrogens is 4. The normalized spacial score (nSPS) is 20.9. The van der Waals surface area contributed by atoms with Crippen molar-refractivity contribution in [3.8, 4) is 0 Å². The van der Waals surface area contributed by atoms with E-state index in [2.05, 4.69) is 25.2 Å². The first-order chi connectivity index (χ1) is 13.3. The minimum Gasteiger partial charge on any atom is -0.364 e. The zero-order valence-corrected chi connectivity index (χ0v) is 17.2. The fourth-order valence-electron chi connectivity index (χ4n) is 3.57. The van der Waals surface area contributed by atoms with Crippen molar-refractivity contribution in [2.45, 2.75) is 25.8 Å². The molecule has 0 aromatic carbocycles. The summed E-state index contributed by atoms with van der Waals surface area (Å²) in [5, 5.41) is 3.21. The Hall–Kier alpha value is -1.78. The first-order valence-corrected chi connectivity index (χ1v) is 11.7. The van der Waals surface area contributed by atoms with Gasteiger partial charge in [0.25, 0.3) is 5.56 Å². The summed E-state index contributed by atoms with van der Waals surface area (Å²) in [6.07, 6.45) is 3.72. The molecule has 1 aliphatic heterocycles. The van der Waals surface area contributed by atoms with Crippen molar-refractivity contribution in [2.75, 3.05) is 43.0 Å². The van der Waals surface area contributed by atoms with Gasteiger partial charge in [0, 0.05) is 32.2 Å². The highest BCUT2D eigenvalue weighted by atomic mass is 35.5. The van der Waals surface area contributed by atoms with Gasteiger partial charge in [-0.1, -0.05) is 0 Å². The lowest BCUT2D eigenvalue weighted by molar-refractivity contribution is 0.307. The van der Waals surface area contributed by atoms with Crippen LogP contribution >= 0.6 is 11.6 Å². The highest BCUT2D eigenvalue weighted by molar-refractivity contribution is 7.91. The van der Waals surface area contributed by atoms with Crippen molar-refractivity contribution in [1.82, 2.24) is 24.4 Å². The average molecular weight is 427 g/mol. The lowest BCUT2D eigenvalue weighted by Crippen LogP contribution is -2.42. The number of rotatable bonds is 6. The van der Waals surface area contributed by atoms with Crippen LogP contribution in [0.15, 0.2) is 11.0 Å². The summed E-state index contributed by atoms with van der Waals surface area (Å²) in [4.78, 5) is 27.8. The summed E-state index contributed by atoms with van der Waals surface area (Å²) in [5.74, 6) is 1.09. The number of sulfone groups is 1. The molecule has 2 fully saturated rings. The predicted octanol–water partition coefficient (Wildman–Crippen LogP) is 0.953. The smallest absolute Gasteiger partial charge is 0.295 e. The van der Waals surface area contributed by atoms with Crippen LogP contribution in [0.25, 0.3) is 11.2 Å². The lowest BCUT2D eigenvalue weighted by Gasteiger charge is -2.26. The van der Waals surface area contributed by atoms with Crippen molar-refractivity contribution in [3.63, 3.8) is 0 Å². The Labute approximate surface area is 168 Å². The van der Waals surface area contributed by atoms with Gasteiger partial charge in [-0.05, 0) is 37.3 Å². The fourth-order valence-corrected chi connectivity index (χ4v) is 4.97. The second-order valence-electron chi connectivity index (χ2n) is 7.48. The molecule has 1 aliphatic carbocycles. The van der Waals surface area contributed by atoms with Gasteiger partial charge in [-0.3, -0.25) is 14.3 Å². The average Bonchev–Trinajstić information content (AvgIpc) is 3.48. The first-order valence-electron chi connectivity index (χ1n) is 9.45. The third-order valence-corrected chi connectivity index (χ3v) is 7.26. The van der Waals surface area contributed by atoms with Crippen LogP contribution in [0.3, 0.4) is 0 Å². The van der Waals surface area contributed by atoms with Crippen molar-refractivity contribution >= 4 is 38.4 Å². The van der Waals surface area contributed by atoms with E-state index in [1.165, 1.54) is 6.20 Å². The largest absolute Gasteiger partial charge is 0.364 e. The van der Waals surface area contributed by atoms with E-state index in [1.807, 2.05) is 6.92 Å². The molecule has 2 aromatic rings. The van der Waals surface area contributed by atoms with Crippen LogP contribution in [0, 0.1) is 5.92 Å². The Kier molecular flexibility index (Phi) is 5.28. The Bertz CT molecular complexity index is 1040. The highest BCUT2D eigenvalue weighted by Crippen LogP contribution is 2.39. The summed E-state index contributed by atoms with van der Waals surface area (Å²) >= 11 is 5.94. The molecule has 0 unspecified atom stereocenters. The van der Waals surface area contributed by atoms with Gasteiger partial charge in [0.2, 0.25) is 5.28 Å². The molecule has 4 rings (SSSR count). The molecule has 152 valence electrons. The molecular formula is C17H23ClN6O3S. The van der Waals surface area contributed by atoms with Crippen molar-refractivity contribution < 1.29 is 8.42 Å². The predicted molar refractivity (Wildman–Crippen MR) is 108 cm³/mol. The zero-order valence-electron chi connectivity index (χ0n) is 15.6. The highest BCUT2D eigenvalue weighted by Gasteiger charge is 2.32. The second kappa shape index (κ2) is 7.57. The Morgan fingerprint density at radius 2 is 2.00 bits per heavy atom. The number of halogens is 1. The van der Waals surface area contributed by atoms with Crippen LogP contribution in [-0.2, 0) is 9.84 Å². The van der Waals surface area contributed by atoms with Crippen LogP contribution in [-0.4, -0.2) is 70.5 Å². The number of nitrogens with zero attached hydrogens (tertiary/aromatic N) is 5. The second-order valence-corrected chi connectivity index (χ2v) is 10.1. The Balaban J connectivity index is 1.55. The number of fused-ring (bicyclic) bond motifs is 1. The molecule has 0 amide bonds. The Morgan fingerprint density at radius 3 is 2.68 bits per heavy atom. The zero-order chi connectivity index (χ0) is 19.9. The molecule has 1 saturated heterocycles. The molecule has 1 saturated carbocycles. The SMILES string of the molecule is C[C@@H](C1CC1)n1c(=O)c(NCCN2CCS(=O)(=O)CC2)nc2cnc(Cl)nc21. The van der Waals surface area contributed by atoms with E-state index in [9.17, 15) is 13.2 Å². The summed E-state index contributed by atoms with van der Waals surface area (Å²) in [5.41, 5.74) is 0.752. The van der Waals surface area contributed by atoms with E-state index < -0.39 is 9.84 Å².